The highest BCUT2D eigenvalue weighted by Crippen LogP contribution is 2.17. The summed E-state index contributed by atoms with van der Waals surface area (Å²) in [6, 6.07) is 15.5. The Hall–Kier alpha value is -1.56. The molecular weight excluding hydrogens is 252 g/mol. The minimum Gasteiger partial charge on any atom is -0.0885 e. The van der Waals surface area contributed by atoms with E-state index >= 15 is 0 Å². The van der Waals surface area contributed by atoms with Crippen LogP contribution in [0.3, 0.4) is 0 Å². The molecule has 2 aromatic carbocycles. The van der Waals surface area contributed by atoms with Crippen molar-refractivity contribution in [3.8, 4) is 0 Å². The first kappa shape index (κ1) is 15.8. The van der Waals surface area contributed by atoms with Crippen molar-refractivity contribution in [3.63, 3.8) is 0 Å². The number of unbranched alkanes of at least 4 members (excludes halogenated alkanes) is 5. The number of hydrogen-bond acceptors (Lipinski definition) is 0. The molecule has 2 rings (SSSR count). The van der Waals surface area contributed by atoms with E-state index in [-0.39, 0.29) is 0 Å². The van der Waals surface area contributed by atoms with E-state index in [4.69, 9.17) is 0 Å². The second kappa shape index (κ2) is 9.39. The summed E-state index contributed by atoms with van der Waals surface area (Å²) in [5, 5.41) is 2.71. The van der Waals surface area contributed by atoms with Crippen LogP contribution in [0.4, 0.5) is 0 Å². The van der Waals surface area contributed by atoms with Crippen LogP contribution in [0.5, 0.6) is 0 Å². The van der Waals surface area contributed by atoms with Crippen LogP contribution in [-0.2, 0) is 6.42 Å². The third kappa shape index (κ3) is 5.75. The number of allylic oxidation sites excluding steroid dienone is 2. The molecule has 0 radical (unpaired) electrons. The smallest absolute Gasteiger partial charge is 0.0181 e. The third-order valence-electron chi connectivity index (χ3n) is 4.04. The van der Waals surface area contributed by atoms with Gasteiger partial charge < -0.3 is 0 Å². The van der Waals surface area contributed by atoms with Crippen molar-refractivity contribution in [2.45, 2.75) is 58.3 Å². The topological polar surface area (TPSA) is 0 Å². The zero-order valence-electron chi connectivity index (χ0n) is 13.4. The number of aryl methyl sites for hydroxylation is 1. The fourth-order valence-corrected chi connectivity index (χ4v) is 2.73. The normalized spacial score (nSPS) is 11.5. The summed E-state index contributed by atoms with van der Waals surface area (Å²) in [7, 11) is 0. The fourth-order valence-electron chi connectivity index (χ4n) is 2.73. The molecule has 0 aliphatic heterocycles. The molecule has 112 valence electrons. The van der Waals surface area contributed by atoms with Gasteiger partial charge in [-0.2, -0.15) is 0 Å². The van der Waals surface area contributed by atoms with Gasteiger partial charge in [-0.25, -0.2) is 0 Å². The van der Waals surface area contributed by atoms with Crippen molar-refractivity contribution in [3.05, 3.63) is 60.2 Å². The van der Waals surface area contributed by atoms with Gasteiger partial charge in [-0.15, -0.1) is 0 Å². The zero-order valence-corrected chi connectivity index (χ0v) is 13.4. The summed E-state index contributed by atoms with van der Waals surface area (Å²) in [4.78, 5) is 0. The minimum atomic E-state index is 1.20. The van der Waals surface area contributed by atoms with Crippen LogP contribution in [0, 0.1) is 0 Å². The molecule has 0 amide bonds. The maximum atomic E-state index is 2.37. The lowest BCUT2D eigenvalue weighted by Crippen LogP contribution is -1.85. The highest BCUT2D eigenvalue weighted by Gasteiger charge is 1.96. The van der Waals surface area contributed by atoms with E-state index in [9.17, 15) is 0 Å². The molecule has 0 bridgehead atoms. The van der Waals surface area contributed by atoms with Gasteiger partial charge in [0.1, 0.15) is 0 Å². The van der Waals surface area contributed by atoms with Crippen molar-refractivity contribution in [2.24, 2.45) is 0 Å². The van der Waals surface area contributed by atoms with E-state index in [1.165, 1.54) is 67.7 Å². The van der Waals surface area contributed by atoms with E-state index in [2.05, 4.69) is 61.5 Å². The molecule has 0 fully saturated rings. The second-order valence-electron chi connectivity index (χ2n) is 5.89. The molecule has 21 heavy (non-hydrogen) atoms. The molecule has 0 aliphatic rings. The minimum absolute atomic E-state index is 1.20. The Labute approximate surface area is 129 Å². The predicted molar refractivity (Wildman–Crippen MR) is 94.8 cm³/mol. The molecule has 0 saturated heterocycles. The van der Waals surface area contributed by atoms with Gasteiger partial charge >= 0.3 is 0 Å². The Morgan fingerprint density at radius 1 is 0.762 bits per heavy atom. The molecule has 0 N–H and O–H groups in total. The van der Waals surface area contributed by atoms with E-state index < -0.39 is 0 Å². The van der Waals surface area contributed by atoms with Gasteiger partial charge in [-0.3, -0.25) is 0 Å². The average molecular weight is 280 g/mol. The van der Waals surface area contributed by atoms with Gasteiger partial charge in [-0.1, -0.05) is 74.4 Å². The van der Waals surface area contributed by atoms with Crippen LogP contribution in [0.15, 0.2) is 54.6 Å². The van der Waals surface area contributed by atoms with Crippen molar-refractivity contribution >= 4 is 10.8 Å². The van der Waals surface area contributed by atoms with E-state index in [1.807, 2.05) is 0 Å². The molecule has 2 aromatic rings. The Balaban J connectivity index is 1.66. The molecular formula is C21H28. The van der Waals surface area contributed by atoms with Gasteiger partial charge in [-0.05, 0) is 54.9 Å². The van der Waals surface area contributed by atoms with Gasteiger partial charge in [0.05, 0.1) is 0 Å². The summed E-state index contributed by atoms with van der Waals surface area (Å²) in [6.07, 6.45) is 15.1. The van der Waals surface area contributed by atoms with Crippen LogP contribution < -0.4 is 0 Å². The molecule has 0 heteroatoms. The standard InChI is InChI=1S/C21H28/c1-2-3-4-5-6-7-8-9-10-13-19-16-17-20-14-11-12-15-21(20)18-19/h6-7,11-12,14-18H,2-5,8-10,13H2,1H3/b7-6+. The maximum Gasteiger partial charge on any atom is -0.0181 e. The quantitative estimate of drug-likeness (QED) is 0.354. The van der Waals surface area contributed by atoms with E-state index in [0.717, 1.165) is 0 Å². The number of rotatable bonds is 9. The van der Waals surface area contributed by atoms with Gasteiger partial charge in [0, 0.05) is 0 Å². The van der Waals surface area contributed by atoms with Crippen LogP contribution in [0.2, 0.25) is 0 Å². The van der Waals surface area contributed by atoms with Crippen LogP contribution in [0.25, 0.3) is 10.8 Å². The molecule has 0 atom stereocenters. The SMILES string of the molecule is CCCCC/C=C/CCCCc1ccc2ccccc2c1. The van der Waals surface area contributed by atoms with Gasteiger partial charge in [0.25, 0.3) is 0 Å². The lowest BCUT2D eigenvalue weighted by atomic mass is 10.0. The van der Waals surface area contributed by atoms with Crippen LogP contribution in [-0.4, -0.2) is 0 Å². The summed E-state index contributed by atoms with van der Waals surface area (Å²) in [5.74, 6) is 0. The number of fused-ring (bicyclic) bond motifs is 1. The molecule has 0 aliphatic carbocycles. The van der Waals surface area contributed by atoms with Crippen molar-refractivity contribution in [2.75, 3.05) is 0 Å². The molecule has 0 spiro atoms. The molecule has 0 aromatic heterocycles. The van der Waals surface area contributed by atoms with Crippen molar-refractivity contribution in [1.29, 1.82) is 0 Å². The molecule has 0 saturated carbocycles. The first-order valence-electron chi connectivity index (χ1n) is 8.53. The average Bonchev–Trinajstić information content (AvgIpc) is 2.53. The zero-order chi connectivity index (χ0) is 14.8. The Morgan fingerprint density at radius 2 is 1.48 bits per heavy atom. The highest BCUT2D eigenvalue weighted by atomic mass is 14.0. The fraction of sp³-hybridized carbons (Fsp3) is 0.429. The molecule has 0 nitrogen and oxygen atoms in total. The summed E-state index contributed by atoms with van der Waals surface area (Å²) in [6.45, 7) is 2.26. The molecule has 0 heterocycles. The monoisotopic (exact) mass is 280 g/mol. The highest BCUT2D eigenvalue weighted by molar-refractivity contribution is 5.82. The van der Waals surface area contributed by atoms with Gasteiger partial charge in [0.2, 0.25) is 0 Å². The molecule has 0 unspecified atom stereocenters. The van der Waals surface area contributed by atoms with Crippen molar-refractivity contribution < 1.29 is 0 Å². The Morgan fingerprint density at radius 3 is 2.24 bits per heavy atom. The van der Waals surface area contributed by atoms with E-state index in [0.29, 0.717) is 0 Å². The summed E-state index contributed by atoms with van der Waals surface area (Å²) >= 11 is 0. The lowest BCUT2D eigenvalue weighted by molar-refractivity contribution is 0.721. The largest absolute Gasteiger partial charge is 0.0885 e. The Bertz CT molecular complexity index is 551. The third-order valence-corrected chi connectivity index (χ3v) is 4.04. The summed E-state index contributed by atoms with van der Waals surface area (Å²) in [5.41, 5.74) is 1.47. The van der Waals surface area contributed by atoms with Crippen molar-refractivity contribution in [1.82, 2.24) is 0 Å². The first-order chi connectivity index (χ1) is 10.4. The van der Waals surface area contributed by atoms with Crippen LogP contribution in [0.1, 0.15) is 57.4 Å². The summed E-state index contributed by atoms with van der Waals surface area (Å²) < 4.78 is 0. The first-order valence-corrected chi connectivity index (χ1v) is 8.53. The lowest BCUT2D eigenvalue weighted by Gasteiger charge is -2.03. The predicted octanol–water partition coefficient (Wildman–Crippen LogP) is 6.69. The Kier molecular flexibility index (Phi) is 7.07. The maximum absolute atomic E-state index is 2.37. The van der Waals surface area contributed by atoms with E-state index in [1.54, 1.807) is 0 Å². The van der Waals surface area contributed by atoms with Gasteiger partial charge in [0.15, 0.2) is 0 Å². The number of benzene rings is 2. The van der Waals surface area contributed by atoms with Crippen LogP contribution >= 0.6 is 0 Å². The number of hydrogen-bond donors (Lipinski definition) is 0. The second-order valence-corrected chi connectivity index (χ2v) is 5.89.